The smallest absolute Gasteiger partial charge is 0.244 e. The van der Waals surface area contributed by atoms with E-state index in [1.807, 2.05) is 45.0 Å². The van der Waals surface area contributed by atoms with Crippen molar-refractivity contribution in [2.24, 2.45) is 17.8 Å². The lowest BCUT2D eigenvalue weighted by Gasteiger charge is -2.39. The van der Waals surface area contributed by atoms with E-state index >= 15 is 0 Å². The number of likely N-dealkylation sites (tertiary alicyclic amines) is 1. The van der Waals surface area contributed by atoms with E-state index < -0.39 is 33.4 Å². The number of fused-ring (bicyclic) bond motifs is 1. The first-order valence-corrected chi connectivity index (χ1v) is 15.4. The fourth-order valence-corrected chi connectivity index (χ4v) is 9.93. The number of carbonyl (C=O) groups excluding carboxylic acids is 3. The molecule has 5 rings (SSSR count). The van der Waals surface area contributed by atoms with Crippen LogP contribution in [0.1, 0.15) is 72.6 Å². The molecular formula is C30H43N3O5S. The van der Waals surface area contributed by atoms with Crippen LogP contribution in [0.5, 0.6) is 5.75 Å². The van der Waals surface area contributed by atoms with Crippen LogP contribution in [-0.4, -0.2) is 68.6 Å². The number of nitrogens with zero attached hydrogens (tertiary/aromatic N) is 1. The second-order valence-corrected chi connectivity index (χ2v) is 14.2. The van der Waals surface area contributed by atoms with Crippen LogP contribution in [0.3, 0.4) is 0 Å². The van der Waals surface area contributed by atoms with Crippen molar-refractivity contribution in [1.82, 2.24) is 10.2 Å². The van der Waals surface area contributed by atoms with E-state index in [9.17, 15) is 19.5 Å². The minimum Gasteiger partial charge on any atom is -0.494 e. The maximum absolute atomic E-state index is 14.3. The molecule has 1 saturated carbocycles. The third-order valence-corrected chi connectivity index (χ3v) is 11.4. The van der Waals surface area contributed by atoms with Gasteiger partial charge in [-0.05, 0) is 69.7 Å². The Bertz CT molecular complexity index is 1090. The fourth-order valence-electron chi connectivity index (χ4n) is 7.59. The molecule has 4 fully saturated rings. The van der Waals surface area contributed by atoms with E-state index in [0.717, 1.165) is 37.9 Å². The number of carbonyl (C=O) groups is 3. The van der Waals surface area contributed by atoms with Gasteiger partial charge in [0.15, 0.2) is 0 Å². The summed E-state index contributed by atoms with van der Waals surface area (Å²) >= 11 is 1.67. The van der Waals surface area contributed by atoms with E-state index in [-0.39, 0.29) is 36.3 Å². The van der Waals surface area contributed by atoms with Gasteiger partial charge in [0, 0.05) is 16.5 Å². The quantitative estimate of drug-likeness (QED) is 0.424. The minimum atomic E-state index is -0.702. The maximum atomic E-state index is 14.3. The van der Waals surface area contributed by atoms with E-state index in [0.29, 0.717) is 18.7 Å². The van der Waals surface area contributed by atoms with Crippen LogP contribution in [0, 0.1) is 17.8 Å². The first-order chi connectivity index (χ1) is 18.6. The number of amides is 3. The highest BCUT2D eigenvalue weighted by Gasteiger charge is 2.77. The van der Waals surface area contributed by atoms with Crippen LogP contribution in [0.4, 0.5) is 5.69 Å². The number of nitrogens with one attached hydrogen (secondary N) is 2. The molecule has 4 aliphatic rings. The number of thioether (sulfide) groups is 1. The topological polar surface area (TPSA) is 108 Å². The Morgan fingerprint density at radius 3 is 2.44 bits per heavy atom. The van der Waals surface area contributed by atoms with Gasteiger partial charge in [-0.3, -0.25) is 14.4 Å². The monoisotopic (exact) mass is 557 g/mol. The largest absolute Gasteiger partial charge is 0.494 e. The summed E-state index contributed by atoms with van der Waals surface area (Å²) in [7, 11) is 0. The Kier molecular flexibility index (Phi) is 7.94. The molecule has 0 aromatic heterocycles. The molecule has 3 amide bonds. The van der Waals surface area contributed by atoms with Gasteiger partial charge in [0.25, 0.3) is 0 Å². The number of aliphatic hydroxyl groups excluding tert-OH is 1. The van der Waals surface area contributed by atoms with Crippen molar-refractivity contribution >= 4 is 35.2 Å². The molecule has 3 saturated heterocycles. The minimum absolute atomic E-state index is 0.0342. The van der Waals surface area contributed by atoms with Gasteiger partial charge in [-0.2, -0.15) is 0 Å². The van der Waals surface area contributed by atoms with Gasteiger partial charge < -0.3 is 25.4 Å². The van der Waals surface area contributed by atoms with Crippen molar-refractivity contribution < 1.29 is 24.2 Å². The zero-order chi connectivity index (χ0) is 27.9. The lowest BCUT2D eigenvalue weighted by Crippen LogP contribution is -2.59. The van der Waals surface area contributed by atoms with Crippen molar-refractivity contribution in [1.29, 1.82) is 0 Å². The Labute approximate surface area is 236 Å². The van der Waals surface area contributed by atoms with Gasteiger partial charge >= 0.3 is 0 Å². The maximum Gasteiger partial charge on any atom is 0.244 e. The van der Waals surface area contributed by atoms with Crippen molar-refractivity contribution in [2.45, 2.75) is 100 Å². The van der Waals surface area contributed by atoms with Gasteiger partial charge in [-0.1, -0.05) is 33.1 Å². The number of hydrogen-bond acceptors (Lipinski definition) is 6. The van der Waals surface area contributed by atoms with E-state index in [1.54, 1.807) is 16.7 Å². The molecule has 1 aromatic rings. The third-order valence-electron chi connectivity index (χ3n) is 9.44. The van der Waals surface area contributed by atoms with Crippen LogP contribution in [0.15, 0.2) is 24.3 Å². The number of ether oxygens (including phenoxy) is 1. The standard InChI is InChI=1S/C30H43N3O5S/c1-5-38-21-13-11-20(12-14-21)31-26(35)23-24-28(37)33(22(17-34)18(2)3)25(30(24)16-15-29(23,4)39-30)27(36)32-19-9-7-6-8-10-19/h11-14,18-19,22-25,34H,5-10,15-17H2,1-4H3,(H,31,35)(H,32,36)/t22-,23-,24-,25?,29+,30?/m0/s1. The SMILES string of the molecule is CCOc1ccc(NC(=O)[C@@H]2[C@H]3C(=O)N([C@@H](CO)C(C)C)C(C(=O)NC4CCCCC4)C34CC[C@@]2(C)S4)cc1. The summed E-state index contributed by atoms with van der Waals surface area (Å²) in [4.78, 5) is 44.0. The summed E-state index contributed by atoms with van der Waals surface area (Å²) < 4.78 is 4.39. The van der Waals surface area contributed by atoms with Gasteiger partial charge in [0.05, 0.1) is 35.8 Å². The predicted molar refractivity (Wildman–Crippen MR) is 153 cm³/mol. The lowest BCUT2D eigenvalue weighted by atomic mass is 9.66. The molecule has 8 nitrogen and oxygen atoms in total. The second-order valence-electron chi connectivity index (χ2n) is 12.3. The Balaban J connectivity index is 1.47. The predicted octanol–water partition coefficient (Wildman–Crippen LogP) is 3.97. The highest BCUT2D eigenvalue weighted by Crippen LogP contribution is 2.71. The lowest BCUT2D eigenvalue weighted by molar-refractivity contribution is -0.143. The highest BCUT2D eigenvalue weighted by atomic mass is 32.2. The van der Waals surface area contributed by atoms with Gasteiger partial charge in [0.1, 0.15) is 11.8 Å². The molecule has 2 unspecified atom stereocenters. The van der Waals surface area contributed by atoms with Gasteiger partial charge in [0.2, 0.25) is 17.7 Å². The Hall–Kier alpha value is -2.26. The molecule has 9 heteroatoms. The third kappa shape index (κ3) is 4.83. The summed E-state index contributed by atoms with van der Waals surface area (Å²) in [6, 6.07) is 6.19. The first-order valence-electron chi connectivity index (χ1n) is 14.6. The van der Waals surface area contributed by atoms with Gasteiger partial charge in [-0.25, -0.2) is 0 Å². The molecular weight excluding hydrogens is 514 g/mol. The normalized spacial score (nSPS) is 32.8. The van der Waals surface area contributed by atoms with Gasteiger partial charge in [-0.15, -0.1) is 11.8 Å². The summed E-state index contributed by atoms with van der Waals surface area (Å²) in [5.74, 6) is -0.972. The zero-order valence-electron chi connectivity index (χ0n) is 23.6. The Morgan fingerprint density at radius 1 is 1.13 bits per heavy atom. The number of anilines is 1. The summed E-state index contributed by atoms with van der Waals surface area (Å²) in [6.07, 6.45) is 6.74. The van der Waals surface area contributed by atoms with E-state index in [2.05, 4.69) is 17.6 Å². The van der Waals surface area contributed by atoms with E-state index in [1.165, 1.54) is 6.42 Å². The van der Waals surface area contributed by atoms with Crippen molar-refractivity contribution in [2.75, 3.05) is 18.5 Å². The van der Waals surface area contributed by atoms with Crippen LogP contribution < -0.4 is 15.4 Å². The second kappa shape index (κ2) is 11.0. The molecule has 2 bridgehead atoms. The molecule has 214 valence electrons. The van der Waals surface area contributed by atoms with Crippen LogP contribution in [0.2, 0.25) is 0 Å². The summed E-state index contributed by atoms with van der Waals surface area (Å²) in [6.45, 7) is 8.28. The van der Waals surface area contributed by atoms with Crippen LogP contribution >= 0.6 is 11.8 Å². The van der Waals surface area contributed by atoms with Crippen molar-refractivity contribution in [3.05, 3.63) is 24.3 Å². The highest BCUT2D eigenvalue weighted by molar-refractivity contribution is 8.02. The molecule has 1 aliphatic carbocycles. The summed E-state index contributed by atoms with van der Waals surface area (Å²) in [5.41, 5.74) is 0.651. The molecule has 3 heterocycles. The number of benzene rings is 1. The molecule has 3 N–H and O–H groups in total. The Morgan fingerprint density at radius 2 is 1.82 bits per heavy atom. The number of rotatable bonds is 9. The molecule has 1 aromatic carbocycles. The average molecular weight is 558 g/mol. The fraction of sp³-hybridized carbons (Fsp3) is 0.700. The molecule has 0 radical (unpaired) electrons. The van der Waals surface area contributed by atoms with Crippen LogP contribution in [-0.2, 0) is 14.4 Å². The van der Waals surface area contributed by atoms with E-state index in [4.69, 9.17) is 4.74 Å². The average Bonchev–Trinajstić information content (AvgIpc) is 3.47. The molecule has 6 atom stereocenters. The van der Waals surface area contributed by atoms with Crippen LogP contribution in [0.25, 0.3) is 0 Å². The number of hydrogen-bond donors (Lipinski definition) is 3. The molecule has 3 aliphatic heterocycles. The van der Waals surface area contributed by atoms with Crippen molar-refractivity contribution in [3.63, 3.8) is 0 Å². The molecule has 1 spiro atoms. The number of aliphatic hydroxyl groups is 1. The van der Waals surface area contributed by atoms with Crippen molar-refractivity contribution in [3.8, 4) is 5.75 Å². The summed E-state index contributed by atoms with van der Waals surface area (Å²) in [5, 5.41) is 16.7. The zero-order valence-corrected chi connectivity index (χ0v) is 24.4. The first kappa shape index (κ1) is 28.3. The molecule has 39 heavy (non-hydrogen) atoms.